The molecule has 0 aliphatic heterocycles. The van der Waals surface area contributed by atoms with Crippen LogP contribution in [0.25, 0.3) is 0 Å². The van der Waals surface area contributed by atoms with Crippen LogP contribution in [0.3, 0.4) is 0 Å². The fourth-order valence-electron chi connectivity index (χ4n) is 2.18. The molecule has 0 amide bonds. The summed E-state index contributed by atoms with van der Waals surface area (Å²) in [7, 11) is 1.69. The number of nitrogens with two attached hydrogens (primary N) is 1. The highest BCUT2D eigenvalue weighted by Crippen LogP contribution is 2.51. The van der Waals surface area contributed by atoms with E-state index in [0.29, 0.717) is 0 Å². The van der Waals surface area contributed by atoms with Crippen LogP contribution in [-0.2, 0) is 5.41 Å². The van der Waals surface area contributed by atoms with Gasteiger partial charge in [-0.25, -0.2) is 0 Å². The molecule has 0 atom stereocenters. The summed E-state index contributed by atoms with van der Waals surface area (Å²) in [6, 6.07) is 6.10. The molecule has 1 aromatic rings. The molecule has 3 heteroatoms. The second kappa shape index (κ2) is 3.74. The van der Waals surface area contributed by atoms with Crippen molar-refractivity contribution in [3.05, 3.63) is 28.2 Å². The van der Waals surface area contributed by atoms with E-state index in [9.17, 15) is 0 Å². The standard InChI is InChI=1S/C13H18BrNO/c1-12(2,13(15)7-8-13)9-5-4-6-10(16-3)11(9)14/h4-6H,7-8,15H2,1-3H3. The third-order valence-electron chi connectivity index (χ3n) is 3.89. The molecule has 2 nitrogen and oxygen atoms in total. The number of benzene rings is 1. The minimum atomic E-state index is -0.0537. The van der Waals surface area contributed by atoms with Gasteiger partial charge in [0, 0.05) is 11.0 Å². The molecule has 0 aromatic heterocycles. The lowest BCUT2D eigenvalue weighted by molar-refractivity contribution is 0.380. The van der Waals surface area contributed by atoms with Crippen molar-refractivity contribution in [1.82, 2.24) is 0 Å². The first kappa shape index (κ1) is 11.9. The Labute approximate surface area is 105 Å². The van der Waals surface area contributed by atoms with Crippen LogP contribution in [0.1, 0.15) is 32.3 Å². The van der Waals surface area contributed by atoms with Crippen molar-refractivity contribution in [2.75, 3.05) is 7.11 Å². The summed E-state index contributed by atoms with van der Waals surface area (Å²) >= 11 is 3.62. The second-order valence-electron chi connectivity index (χ2n) is 5.10. The molecule has 1 aliphatic rings. The molecule has 0 bridgehead atoms. The van der Waals surface area contributed by atoms with Gasteiger partial charge < -0.3 is 10.5 Å². The summed E-state index contributed by atoms with van der Waals surface area (Å²) in [6.07, 6.45) is 2.20. The average Bonchev–Trinajstić information content (AvgIpc) is 2.98. The first-order valence-electron chi connectivity index (χ1n) is 5.54. The molecule has 0 saturated heterocycles. The first-order chi connectivity index (χ1) is 7.42. The Hall–Kier alpha value is -0.540. The van der Waals surface area contributed by atoms with Gasteiger partial charge in [-0.15, -0.1) is 0 Å². The van der Waals surface area contributed by atoms with Gasteiger partial charge >= 0.3 is 0 Å². The predicted octanol–water partition coefficient (Wildman–Crippen LogP) is 3.23. The van der Waals surface area contributed by atoms with Gasteiger partial charge in [-0.05, 0) is 40.4 Å². The summed E-state index contributed by atoms with van der Waals surface area (Å²) in [5.74, 6) is 0.870. The Balaban J connectivity index is 2.48. The van der Waals surface area contributed by atoms with Crippen molar-refractivity contribution in [2.45, 2.75) is 37.6 Å². The topological polar surface area (TPSA) is 35.2 Å². The Morgan fingerprint density at radius 2 is 2.00 bits per heavy atom. The molecule has 16 heavy (non-hydrogen) atoms. The molecule has 88 valence electrons. The summed E-state index contributed by atoms with van der Waals surface area (Å²) in [5, 5.41) is 0. The van der Waals surface area contributed by atoms with Gasteiger partial charge in [0.25, 0.3) is 0 Å². The molecule has 1 saturated carbocycles. The van der Waals surface area contributed by atoms with E-state index in [0.717, 1.165) is 23.1 Å². The van der Waals surface area contributed by atoms with Crippen LogP contribution in [0.15, 0.2) is 22.7 Å². The van der Waals surface area contributed by atoms with E-state index in [1.165, 1.54) is 5.56 Å². The molecule has 2 rings (SSSR count). The first-order valence-corrected chi connectivity index (χ1v) is 6.33. The lowest BCUT2D eigenvalue weighted by Crippen LogP contribution is -2.43. The van der Waals surface area contributed by atoms with Crippen molar-refractivity contribution in [1.29, 1.82) is 0 Å². The van der Waals surface area contributed by atoms with Crippen LogP contribution in [-0.4, -0.2) is 12.6 Å². The zero-order chi connectivity index (χ0) is 12.0. The van der Waals surface area contributed by atoms with Crippen LogP contribution in [0.5, 0.6) is 5.75 Å². The van der Waals surface area contributed by atoms with Crippen molar-refractivity contribution in [2.24, 2.45) is 5.73 Å². The van der Waals surface area contributed by atoms with Crippen molar-refractivity contribution in [3.8, 4) is 5.75 Å². The van der Waals surface area contributed by atoms with Gasteiger partial charge in [0.2, 0.25) is 0 Å². The maximum atomic E-state index is 6.36. The van der Waals surface area contributed by atoms with Crippen LogP contribution in [0.2, 0.25) is 0 Å². The van der Waals surface area contributed by atoms with E-state index in [1.54, 1.807) is 7.11 Å². The molecule has 1 fully saturated rings. The number of hydrogen-bond acceptors (Lipinski definition) is 2. The van der Waals surface area contributed by atoms with Gasteiger partial charge in [-0.2, -0.15) is 0 Å². The predicted molar refractivity (Wildman–Crippen MR) is 69.9 cm³/mol. The molecule has 1 aliphatic carbocycles. The summed E-state index contributed by atoms with van der Waals surface area (Å²) in [4.78, 5) is 0. The Morgan fingerprint density at radius 1 is 1.38 bits per heavy atom. The Bertz CT molecular complexity index is 410. The highest BCUT2D eigenvalue weighted by atomic mass is 79.9. The molecule has 0 heterocycles. The normalized spacial score (nSPS) is 18.3. The van der Waals surface area contributed by atoms with Crippen LogP contribution < -0.4 is 10.5 Å². The highest BCUT2D eigenvalue weighted by Gasteiger charge is 2.52. The quantitative estimate of drug-likeness (QED) is 0.925. The van der Waals surface area contributed by atoms with Crippen molar-refractivity contribution >= 4 is 15.9 Å². The molecule has 0 spiro atoms. The minimum Gasteiger partial charge on any atom is -0.496 e. The SMILES string of the molecule is COc1cccc(C(C)(C)C2(N)CC2)c1Br. The van der Waals surface area contributed by atoms with Gasteiger partial charge in [0.15, 0.2) is 0 Å². The lowest BCUT2D eigenvalue weighted by Gasteiger charge is -2.33. The summed E-state index contributed by atoms with van der Waals surface area (Å²) in [6.45, 7) is 4.42. The minimum absolute atomic E-state index is 0.0274. The van der Waals surface area contributed by atoms with Gasteiger partial charge in [-0.1, -0.05) is 26.0 Å². The number of rotatable bonds is 3. The zero-order valence-corrected chi connectivity index (χ0v) is 11.6. The van der Waals surface area contributed by atoms with Gasteiger partial charge in [0.05, 0.1) is 11.6 Å². The van der Waals surface area contributed by atoms with Crippen molar-refractivity contribution < 1.29 is 4.74 Å². The molecule has 1 aromatic carbocycles. The lowest BCUT2D eigenvalue weighted by atomic mass is 9.76. The Kier molecular flexibility index (Phi) is 2.79. The van der Waals surface area contributed by atoms with Crippen LogP contribution >= 0.6 is 15.9 Å². The van der Waals surface area contributed by atoms with E-state index in [1.807, 2.05) is 12.1 Å². The van der Waals surface area contributed by atoms with Gasteiger partial charge in [0.1, 0.15) is 5.75 Å². The molecule has 2 N–H and O–H groups in total. The zero-order valence-electron chi connectivity index (χ0n) is 10.0. The molecule has 0 unspecified atom stereocenters. The summed E-state index contributed by atoms with van der Waals surface area (Å²) in [5.41, 5.74) is 7.50. The monoisotopic (exact) mass is 283 g/mol. The number of methoxy groups -OCH3 is 1. The molecule has 0 radical (unpaired) electrons. The smallest absolute Gasteiger partial charge is 0.133 e. The van der Waals surface area contributed by atoms with E-state index < -0.39 is 0 Å². The second-order valence-corrected chi connectivity index (χ2v) is 5.90. The fraction of sp³-hybridized carbons (Fsp3) is 0.538. The fourth-order valence-corrected chi connectivity index (χ4v) is 3.10. The molecular formula is C13H18BrNO. The van der Waals surface area contributed by atoms with E-state index >= 15 is 0 Å². The van der Waals surface area contributed by atoms with E-state index in [4.69, 9.17) is 10.5 Å². The van der Waals surface area contributed by atoms with E-state index in [-0.39, 0.29) is 11.0 Å². The highest BCUT2D eigenvalue weighted by molar-refractivity contribution is 9.10. The van der Waals surface area contributed by atoms with Crippen LogP contribution in [0.4, 0.5) is 0 Å². The maximum absolute atomic E-state index is 6.36. The largest absolute Gasteiger partial charge is 0.496 e. The number of hydrogen-bond donors (Lipinski definition) is 1. The van der Waals surface area contributed by atoms with E-state index in [2.05, 4.69) is 35.8 Å². The Morgan fingerprint density at radius 3 is 2.50 bits per heavy atom. The third-order valence-corrected chi connectivity index (χ3v) is 4.71. The summed E-state index contributed by atoms with van der Waals surface area (Å²) < 4.78 is 6.35. The average molecular weight is 284 g/mol. The van der Waals surface area contributed by atoms with Gasteiger partial charge in [-0.3, -0.25) is 0 Å². The van der Waals surface area contributed by atoms with Crippen LogP contribution in [0, 0.1) is 0 Å². The number of ether oxygens (including phenoxy) is 1. The molecular weight excluding hydrogens is 266 g/mol. The third kappa shape index (κ3) is 1.66. The van der Waals surface area contributed by atoms with Crippen molar-refractivity contribution in [3.63, 3.8) is 0 Å². The number of halogens is 1. The maximum Gasteiger partial charge on any atom is 0.133 e.